The maximum atomic E-state index is 5.54. The Morgan fingerprint density at radius 2 is 1.67 bits per heavy atom. The number of aryl methyl sites for hydroxylation is 1. The van der Waals surface area contributed by atoms with Gasteiger partial charge in [0.2, 0.25) is 0 Å². The van der Waals surface area contributed by atoms with Crippen LogP contribution < -0.4 is 4.74 Å². The van der Waals surface area contributed by atoms with Crippen molar-refractivity contribution in [1.29, 1.82) is 0 Å². The predicted octanol–water partition coefficient (Wildman–Crippen LogP) is 7.74. The van der Waals surface area contributed by atoms with Crippen LogP contribution >= 0.6 is 0 Å². The molecule has 1 aromatic carbocycles. The van der Waals surface area contributed by atoms with Gasteiger partial charge in [-0.25, -0.2) is 0 Å². The molecule has 1 nitrogen and oxygen atoms in total. The van der Waals surface area contributed by atoms with Crippen LogP contribution in [0.2, 0.25) is 0 Å². The molecule has 3 rings (SSSR count). The highest BCUT2D eigenvalue weighted by Gasteiger charge is 2.28. The number of rotatable bonds is 9. The first-order valence-electron chi connectivity index (χ1n) is 11.7. The summed E-state index contributed by atoms with van der Waals surface area (Å²) in [6, 6.07) is 8.68. The molecule has 2 aliphatic carbocycles. The molecular formula is C26H40O. The van der Waals surface area contributed by atoms with Gasteiger partial charge in [-0.15, -0.1) is 0 Å². The van der Waals surface area contributed by atoms with E-state index in [9.17, 15) is 0 Å². The summed E-state index contributed by atoms with van der Waals surface area (Å²) in [5.74, 6) is 4.04. The SMILES string of the molecule is CCCC[C@H]1CC[C@H](C2CC=C(CCc3ccc(OCC)cc3)CC2)CC1. The summed E-state index contributed by atoms with van der Waals surface area (Å²) in [7, 11) is 0. The van der Waals surface area contributed by atoms with E-state index in [2.05, 4.69) is 37.3 Å². The number of benzene rings is 1. The van der Waals surface area contributed by atoms with E-state index in [1.165, 1.54) is 82.6 Å². The van der Waals surface area contributed by atoms with Crippen LogP contribution in [-0.2, 0) is 6.42 Å². The predicted molar refractivity (Wildman–Crippen MR) is 116 cm³/mol. The monoisotopic (exact) mass is 368 g/mol. The summed E-state index contributed by atoms with van der Waals surface area (Å²) in [4.78, 5) is 0. The van der Waals surface area contributed by atoms with Gasteiger partial charge in [-0.1, -0.05) is 62.8 Å². The van der Waals surface area contributed by atoms with Gasteiger partial charge in [-0.2, -0.15) is 0 Å². The lowest BCUT2D eigenvalue weighted by Crippen LogP contribution is -2.23. The molecule has 0 bridgehead atoms. The first-order chi connectivity index (χ1) is 13.3. The molecule has 1 fully saturated rings. The van der Waals surface area contributed by atoms with Crippen molar-refractivity contribution in [3.8, 4) is 5.75 Å². The normalized spacial score (nSPS) is 25.9. The molecule has 1 atom stereocenters. The lowest BCUT2D eigenvalue weighted by molar-refractivity contribution is 0.185. The van der Waals surface area contributed by atoms with Crippen LogP contribution in [0.3, 0.4) is 0 Å². The molecule has 27 heavy (non-hydrogen) atoms. The fraction of sp³-hybridized carbons (Fsp3) is 0.692. The fourth-order valence-electron chi connectivity index (χ4n) is 5.23. The van der Waals surface area contributed by atoms with Crippen molar-refractivity contribution >= 4 is 0 Å². The lowest BCUT2D eigenvalue weighted by atomic mass is 9.70. The second-order valence-electron chi connectivity index (χ2n) is 8.90. The van der Waals surface area contributed by atoms with Gasteiger partial charge < -0.3 is 4.74 Å². The zero-order valence-electron chi connectivity index (χ0n) is 17.7. The smallest absolute Gasteiger partial charge is 0.119 e. The highest BCUT2D eigenvalue weighted by molar-refractivity contribution is 5.28. The maximum absolute atomic E-state index is 5.54. The number of allylic oxidation sites excluding steroid dienone is 2. The topological polar surface area (TPSA) is 9.23 Å². The van der Waals surface area contributed by atoms with E-state index in [4.69, 9.17) is 4.74 Å². The van der Waals surface area contributed by atoms with Crippen molar-refractivity contribution in [2.75, 3.05) is 6.61 Å². The molecule has 0 radical (unpaired) electrons. The van der Waals surface area contributed by atoms with Crippen molar-refractivity contribution in [2.45, 2.75) is 90.9 Å². The average molecular weight is 369 g/mol. The Morgan fingerprint density at radius 3 is 2.30 bits per heavy atom. The van der Waals surface area contributed by atoms with Crippen molar-refractivity contribution in [1.82, 2.24) is 0 Å². The van der Waals surface area contributed by atoms with Gasteiger partial charge in [0.05, 0.1) is 6.61 Å². The summed E-state index contributed by atoms with van der Waals surface area (Å²) < 4.78 is 5.54. The number of hydrogen-bond donors (Lipinski definition) is 0. The Labute approximate surface area is 167 Å². The summed E-state index contributed by atoms with van der Waals surface area (Å²) in [5, 5.41) is 0. The second kappa shape index (κ2) is 10.9. The summed E-state index contributed by atoms with van der Waals surface area (Å²) >= 11 is 0. The van der Waals surface area contributed by atoms with Crippen LogP contribution in [0.15, 0.2) is 35.9 Å². The van der Waals surface area contributed by atoms with E-state index in [0.717, 1.165) is 30.1 Å². The molecule has 0 amide bonds. The zero-order chi connectivity index (χ0) is 18.9. The Hall–Kier alpha value is -1.24. The van der Waals surface area contributed by atoms with Crippen LogP contribution in [-0.4, -0.2) is 6.61 Å². The largest absolute Gasteiger partial charge is 0.494 e. The molecule has 0 saturated heterocycles. The van der Waals surface area contributed by atoms with E-state index < -0.39 is 0 Å². The van der Waals surface area contributed by atoms with Crippen LogP contribution in [0.5, 0.6) is 5.75 Å². The Bertz CT molecular complexity index is 562. The van der Waals surface area contributed by atoms with Gasteiger partial charge in [0.25, 0.3) is 0 Å². The standard InChI is InChI=1S/C26H40O/c1-3-5-6-21-9-15-24(16-10-21)25-17-11-22(12-18-25)7-8-23-13-19-26(20-14-23)27-4-2/h11,13-14,19-21,24-25H,3-10,12,15-18H2,1-2H3/t21-,24-,25?. The van der Waals surface area contributed by atoms with Gasteiger partial charge in [-0.3, -0.25) is 0 Å². The van der Waals surface area contributed by atoms with Crippen molar-refractivity contribution in [3.63, 3.8) is 0 Å². The summed E-state index contributed by atoms with van der Waals surface area (Å²) in [5.41, 5.74) is 3.14. The zero-order valence-corrected chi connectivity index (χ0v) is 17.7. The minimum atomic E-state index is 0.744. The van der Waals surface area contributed by atoms with E-state index in [1.54, 1.807) is 5.57 Å². The third-order valence-corrected chi connectivity index (χ3v) is 7.04. The van der Waals surface area contributed by atoms with Crippen LogP contribution in [0.4, 0.5) is 0 Å². The highest BCUT2D eigenvalue weighted by atomic mass is 16.5. The molecule has 2 aliphatic rings. The van der Waals surface area contributed by atoms with Gasteiger partial charge in [0.15, 0.2) is 0 Å². The Morgan fingerprint density at radius 1 is 0.889 bits per heavy atom. The van der Waals surface area contributed by atoms with Crippen LogP contribution in [0.1, 0.15) is 90.0 Å². The molecular weight excluding hydrogens is 328 g/mol. The first kappa shape index (κ1) is 20.5. The third kappa shape index (κ3) is 6.40. The van der Waals surface area contributed by atoms with Gasteiger partial charge in [0.1, 0.15) is 5.75 Å². The van der Waals surface area contributed by atoms with Gasteiger partial charge >= 0.3 is 0 Å². The average Bonchev–Trinajstić information content (AvgIpc) is 2.73. The fourth-order valence-corrected chi connectivity index (χ4v) is 5.23. The van der Waals surface area contributed by atoms with Crippen molar-refractivity contribution in [3.05, 3.63) is 41.5 Å². The van der Waals surface area contributed by atoms with E-state index in [-0.39, 0.29) is 0 Å². The molecule has 0 aliphatic heterocycles. The van der Waals surface area contributed by atoms with Gasteiger partial charge in [0, 0.05) is 0 Å². The summed E-state index contributed by atoms with van der Waals surface area (Å²) in [6.45, 7) is 5.11. The maximum Gasteiger partial charge on any atom is 0.119 e. The summed E-state index contributed by atoms with van der Waals surface area (Å²) in [6.07, 6.45) is 19.5. The Kier molecular flexibility index (Phi) is 8.30. The molecule has 1 heteroatoms. The molecule has 0 heterocycles. The third-order valence-electron chi connectivity index (χ3n) is 7.04. The van der Waals surface area contributed by atoms with Crippen molar-refractivity contribution in [2.24, 2.45) is 17.8 Å². The molecule has 0 spiro atoms. The molecule has 150 valence electrons. The van der Waals surface area contributed by atoms with Gasteiger partial charge in [-0.05, 0) is 87.3 Å². The van der Waals surface area contributed by atoms with Crippen LogP contribution in [0, 0.1) is 17.8 Å². The lowest BCUT2D eigenvalue weighted by Gasteiger charge is -2.35. The molecule has 0 N–H and O–H groups in total. The first-order valence-corrected chi connectivity index (χ1v) is 11.7. The number of ether oxygens (including phenoxy) is 1. The van der Waals surface area contributed by atoms with Crippen LogP contribution in [0.25, 0.3) is 0 Å². The molecule has 0 aromatic heterocycles. The minimum Gasteiger partial charge on any atom is -0.494 e. The number of hydrogen-bond acceptors (Lipinski definition) is 1. The highest BCUT2D eigenvalue weighted by Crippen LogP contribution is 2.41. The molecule has 1 aromatic rings. The molecule has 1 unspecified atom stereocenters. The second-order valence-corrected chi connectivity index (χ2v) is 8.90. The Balaban J connectivity index is 1.38. The van der Waals surface area contributed by atoms with E-state index in [0.29, 0.717) is 0 Å². The van der Waals surface area contributed by atoms with E-state index >= 15 is 0 Å². The number of unbranched alkanes of at least 4 members (excludes halogenated alkanes) is 1. The van der Waals surface area contributed by atoms with E-state index in [1.807, 2.05) is 6.92 Å². The minimum absolute atomic E-state index is 0.744. The quantitative estimate of drug-likeness (QED) is 0.405. The van der Waals surface area contributed by atoms with Crippen molar-refractivity contribution < 1.29 is 4.74 Å². The molecule has 1 saturated carbocycles.